The number of aryl methyl sites for hydroxylation is 1. The summed E-state index contributed by atoms with van der Waals surface area (Å²) in [6.45, 7) is 3.26. The van der Waals surface area contributed by atoms with Gasteiger partial charge < -0.3 is 10.2 Å². The van der Waals surface area contributed by atoms with Crippen LogP contribution < -0.4 is 10.6 Å². The smallest absolute Gasteiger partial charge is 0.308 e. The molecule has 1 saturated heterocycles. The van der Waals surface area contributed by atoms with Crippen LogP contribution in [0.2, 0.25) is 5.02 Å². The van der Waals surface area contributed by atoms with E-state index in [0.717, 1.165) is 5.56 Å². The Morgan fingerprint density at radius 2 is 2.15 bits per heavy atom. The highest BCUT2D eigenvalue weighted by Crippen LogP contribution is 2.20. The highest BCUT2D eigenvalue weighted by Gasteiger charge is 2.33. The van der Waals surface area contributed by atoms with E-state index in [2.05, 4.69) is 10.6 Å². The molecule has 1 unspecified atom stereocenters. The third-order valence-corrected chi connectivity index (χ3v) is 3.51. The van der Waals surface area contributed by atoms with Crippen LogP contribution in [0.1, 0.15) is 12.5 Å². The minimum absolute atomic E-state index is 0.154. The number of nitrogens with zero attached hydrogens (tertiary/aromatic N) is 1. The van der Waals surface area contributed by atoms with Crippen LogP contribution in [0.4, 0.5) is 10.5 Å². The molecule has 1 aromatic carbocycles. The van der Waals surface area contributed by atoms with Crippen molar-refractivity contribution in [3.63, 3.8) is 0 Å². The zero-order valence-electron chi connectivity index (χ0n) is 11.1. The average Bonchev–Trinajstić information content (AvgIpc) is 2.38. The quantitative estimate of drug-likeness (QED) is 0.771. The van der Waals surface area contributed by atoms with Crippen molar-refractivity contribution in [3.8, 4) is 0 Å². The predicted molar refractivity (Wildman–Crippen MR) is 74.5 cm³/mol. The summed E-state index contributed by atoms with van der Waals surface area (Å²) in [7, 11) is 0. The van der Waals surface area contributed by atoms with Crippen LogP contribution in [0.25, 0.3) is 0 Å². The van der Waals surface area contributed by atoms with Crippen LogP contribution in [0.3, 0.4) is 0 Å². The van der Waals surface area contributed by atoms with E-state index in [9.17, 15) is 14.4 Å². The first-order valence-corrected chi connectivity index (χ1v) is 6.43. The Morgan fingerprint density at radius 3 is 2.80 bits per heavy atom. The number of amides is 4. The largest absolute Gasteiger partial charge is 0.322 e. The Bertz CT molecular complexity index is 588. The van der Waals surface area contributed by atoms with E-state index in [1.54, 1.807) is 25.1 Å². The SMILES string of the molecule is Cc1ccc(NC(=O)N2CC(=O)NC(=O)C2C)cc1Cl. The molecule has 1 aliphatic rings. The molecule has 0 aliphatic carbocycles. The van der Waals surface area contributed by atoms with Gasteiger partial charge in [0.1, 0.15) is 12.6 Å². The molecular formula is C13H14ClN3O3. The summed E-state index contributed by atoms with van der Waals surface area (Å²) in [5.74, 6) is -0.983. The summed E-state index contributed by atoms with van der Waals surface area (Å²) in [5.41, 5.74) is 1.40. The Hall–Kier alpha value is -2.08. The number of carbonyl (C=O) groups is 3. The summed E-state index contributed by atoms with van der Waals surface area (Å²) >= 11 is 5.97. The fourth-order valence-electron chi connectivity index (χ4n) is 1.83. The normalized spacial score (nSPS) is 18.8. The molecule has 1 aliphatic heterocycles. The molecule has 1 heterocycles. The summed E-state index contributed by atoms with van der Waals surface area (Å²) < 4.78 is 0. The van der Waals surface area contributed by atoms with E-state index in [-0.39, 0.29) is 6.54 Å². The lowest BCUT2D eigenvalue weighted by atomic mass is 10.2. The lowest BCUT2D eigenvalue weighted by Crippen LogP contribution is -2.59. The van der Waals surface area contributed by atoms with Crippen molar-refractivity contribution in [2.75, 3.05) is 11.9 Å². The fourth-order valence-corrected chi connectivity index (χ4v) is 2.01. The monoisotopic (exact) mass is 295 g/mol. The third kappa shape index (κ3) is 2.91. The van der Waals surface area contributed by atoms with Gasteiger partial charge >= 0.3 is 6.03 Å². The van der Waals surface area contributed by atoms with E-state index in [0.29, 0.717) is 10.7 Å². The molecule has 0 bridgehead atoms. The Kier molecular flexibility index (Phi) is 3.94. The number of piperazine rings is 1. The number of carbonyl (C=O) groups excluding carboxylic acids is 3. The summed E-state index contributed by atoms with van der Waals surface area (Å²) in [5, 5.41) is 5.33. The van der Waals surface area contributed by atoms with Crippen LogP contribution in [-0.2, 0) is 9.59 Å². The van der Waals surface area contributed by atoms with Crippen molar-refractivity contribution in [3.05, 3.63) is 28.8 Å². The van der Waals surface area contributed by atoms with Crippen LogP contribution in [0.5, 0.6) is 0 Å². The number of anilines is 1. The molecule has 106 valence electrons. The second-order valence-corrected chi connectivity index (χ2v) is 5.02. The van der Waals surface area contributed by atoms with Crippen LogP contribution in [0.15, 0.2) is 18.2 Å². The van der Waals surface area contributed by atoms with Crippen LogP contribution >= 0.6 is 11.6 Å². The minimum atomic E-state index is -0.700. The van der Waals surface area contributed by atoms with Gasteiger partial charge in [-0.1, -0.05) is 17.7 Å². The molecule has 1 aromatic rings. The van der Waals surface area contributed by atoms with Gasteiger partial charge in [0.25, 0.3) is 0 Å². The minimum Gasteiger partial charge on any atom is -0.308 e. The molecule has 7 heteroatoms. The maximum Gasteiger partial charge on any atom is 0.322 e. The molecular weight excluding hydrogens is 282 g/mol. The maximum absolute atomic E-state index is 12.1. The Morgan fingerprint density at radius 1 is 1.45 bits per heavy atom. The van der Waals surface area contributed by atoms with Gasteiger partial charge in [-0.3, -0.25) is 14.9 Å². The molecule has 2 rings (SSSR count). The van der Waals surface area contributed by atoms with Crippen LogP contribution in [0, 0.1) is 6.92 Å². The highest BCUT2D eigenvalue weighted by atomic mass is 35.5. The number of rotatable bonds is 1. The van der Waals surface area contributed by atoms with Gasteiger partial charge in [-0.2, -0.15) is 0 Å². The zero-order chi connectivity index (χ0) is 14.9. The van der Waals surface area contributed by atoms with Crippen molar-refractivity contribution in [1.29, 1.82) is 0 Å². The van der Waals surface area contributed by atoms with E-state index >= 15 is 0 Å². The molecule has 20 heavy (non-hydrogen) atoms. The lowest BCUT2D eigenvalue weighted by Gasteiger charge is -2.31. The average molecular weight is 296 g/mol. The van der Waals surface area contributed by atoms with E-state index in [1.165, 1.54) is 4.90 Å². The first-order valence-electron chi connectivity index (χ1n) is 6.06. The van der Waals surface area contributed by atoms with Crippen molar-refractivity contribution in [1.82, 2.24) is 10.2 Å². The highest BCUT2D eigenvalue weighted by molar-refractivity contribution is 6.31. The standard InChI is InChI=1S/C13H14ClN3O3/c1-7-3-4-9(5-10(7)14)15-13(20)17-6-11(18)16-12(19)8(17)2/h3-5,8H,6H2,1-2H3,(H,15,20)(H,16,18,19). The second-order valence-electron chi connectivity index (χ2n) is 4.61. The summed E-state index contributed by atoms with van der Waals surface area (Å²) in [6.07, 6.45) is 0. The molecule has 1 atom stereocenters. The molecule has 6 nitrogen and oxygen atoms in total. The molecule has 0 saturated carbocycles. The number of urea groups is 1. The summed E-state index contributed by atoms with van der Waals surface area (Å²) in [6, 6.07) is 3.88. The van der Waals surface area contributed by atoms with Gasteiger partial charge in [-0.25, -0.2) is 4.79 Å². The van der Waals surface area contributed by atoms with Crippen LogP contribution in [-0.4, -0.2) is 35.3 Å². The van der Waals surface area contributed by atoms with Crippen molar-refractivity contribution in [2.45, 2.75) is 19.9 Å². The first-order chi connectivity index (χ1) is 9.38. The van der Waals surface area contributed by atoms with E-state index in [4.69, 9.17) is 11.6 Å². The lowest BCUT2D eigenvalue weighted by molar-refractivity contribution is -0.137. The van der Waals surface area contributed by atoms with Gasteiger partial charge in [0, 0.05) is 10.7 Å². The zero-order valence-corrected chi connectivity index (χ0v) is 11.8. The number of hydrogen-bond acceptors (Lipinski definition) is 3. The van der Waals surface area contributed by atoms with E-state index < -0.39 is 23.9 Å². The van der Waals surface area contributed by atoms with Crippen molar-refractivity contribution >= 4 is 35.1 Å². The molecule has 4 amide bonds. The molecule has 1 fully saturated rings. The number of benzene rings is 1. The van der Waals surface area contributed by atoms with Gasteiger partial charge in [0.2, 0.25) is 11.8 Å². The van der Waals surface area contributed by atoms with E-state index in [1.807, 2.05) is 6.92 Å². The second kappa shape index (κ2) is 5.50. The number of halogens is 1. The maximum atomic E-state index is 12.1. The topological polar surface area (TPSA) is 78.5 Å². The molecule has 0 radical (unpaired) electrons. The molecule has 0 aromatic heterocycles. The predicted octanol–water partition coefficient (Wildman–Crippen LogP) is 1.53. The van der Waals surface area contributed by atoms with Crippen molar-refractivity contribution < 1.29 is 14.4 Å². The molecule has 0 spiro atoms. The van der Waals surface area contributed by atoms with Gasteiger partial charge in [0.15, 0.2) is 0 Å². The molecule has 2 N–H and O–H groups in total. The van der Waals surface area contributed by atoms with Gasteiger partial charge in [-0.05, 0) is 31.5 Å². The fraction of sp³-hybridized carbons (Fsp3) is 0.308. The number of hydrogen-bond donors (Lipinski definition) is 2. The van der Waals surface area contributed by atoms with Gasteiger partial charge in [-0.15, -0.1) is 0 Å². The Balaban J connectivity index is 2.12. The van der Waals surface area contributed by atoms with Crippen molar-refractivity contribution in [2.24, 2.45) is 0 Å². The first kappa shape index (κ1) is 14.3. The number of imide groups is 1. The number of nitrogens with one attached hydrogen (secondary N) is 2. The summed E-state index contributed by atoms with van der Waals surface area (Å²) in [4.78, 5) is 36.1. The van der Waals surface area contributed by atoms with Gasteiger partial charge in [0.05, 0.1) is 0 Å². The Labute approximate surface area is 121 Å². The third-order valence-electron chi connectivity index (χ3n) is 3.11.